The normalized spacial score (nSPS) is 17.9. The molecule has 0 radical (unpaired) electrons. The van der Waals surface area contributed by atoms with Crippen LogP contribution in [0, 0.1) is 0 Å². The van der Waals surface area contributed by atoms with Crippen molar-refractivity contribution in [2.24, 2.45) is 10.7 Å². The van der Waals surface area contributed by atoms with Crippen LogP contribution in [0.4, 0.5) is 0 Å². The van der Waals surface area contributed by atoms with Crippen LogP contribution in [0.15, 0.2) is 40.2 Å². The zero-order valence-corrected chi connectivity index (χ0v) is 20.3. The number of amides is 1. The van der Waals surface area contributed by atoms with Gasteiger partial charge in [0.25, 0.3) is 0 Å². The Morgan fingerprint density at radius 3 is 2.53 bits per heavy atom. The Hall–Kier alpha value is -2.79. The Balaban J connectivity index is 1.87. The molecule has 0 bridgehead atoms. The second kappa shape index (κ2) is 13.2. The highest BCUT2D eigenvalue weighted by Crippen LogP contribution is 2.26. The highest BCUT2D eigenvalue weighted by molar-refractivity contribution is 7.89. The molecule has 2 atom stereocenters. The van der Waals surface area contributed by atoms with E-state index in [1.807, 2.05) is 0 Å². The smallest absolute Gasteiger partial charge is 0.326 e. The fourth-order valence-electron chi connectivity index (χ4n) is 3.84. The van der Waals surface area contributed by atoms with E-state index in [9.17, 15) is 27.9 Å². The third-order valence-corrected chi connectivity index (χ3v) is 7.58. The van der Waals surface area contributed by atoms with Gasteiger partial charge in [-0.1, -0.05) is 24.6 Å². The summed E-state index contributed by atoms with van der Waals surface area (Å²) in [5.74, 6) is -1.47. The van der Waals surface area contributed by atoms with Gasteiger partial charge in [0.15, 0.2) is 0 Å². The van der Waals surface area contributed by atoms with Crippen molar-refractivity contribution in [3.05, 3.63) is 30.3 Å². The van der Waals surface area contributed by atoms with Crippen LogP contribution in [0.25, 0.3) is 0 Å². The van der Waals surface area contributed by atoms with Crippen molar-refractivity contribution in [2.45, 2.75) is 75.3 Å². The lowest BCUT2D eigenvalue weighted by molar-refractivity contribution is -0.142. The van der Waals surface area contributed by atoms with Gasteiger partial charge in [-0.15, -0.1) is 0 Å². The molecule has 10 nitrogen and oxygen atoms in total. The van der Waals surface area contributed by atoms with Gasteiger partial charge in [-0.25, -0.2) is 13.2 Å². The molecule has 188 valence electrons. The van der Waals surface area contributed by atoms with Crippen LogP contribution in [-0.4, -0.2) is 66.5 Å². The summed E-state index contributed by atoms with van der Waals surface area (Å²) in [5.41, 5.74) is 5.46. The van der Waals surface area contributed by atoms with E-state index in [1.54, 1.807) is 25.1 Å². The molecule has 2 unspecified atom stereocenters. The zero-order valence-electron chi connectivity index (χ0n) is 19.5. The number of carboxylic acids is 1. The Morgan fingerprint density at radius 1 is 1.18 bits per heavy atom. The van der Waals surface area contributed by atoms with Gasteiger partial charge in [0, 0.05) is 25.9 Å². The van der Waals surface area contributed by atoms with Crippen molar-refractivity contribution < 1.29 is 27.9 Å². The lowest BCUT2D eigenvalue weighted by Crippen LogP contribution is -2.50. The summed E-state index contributed by atoms with van der Waals surface area (Å²) in [5, 5.41) is 12.0. The Labute approximate surface area is 200 Å². The summed E-state index contributed by atoms with van der Waals surface area (Å²) in [4.78, 5) is 40.8. The first-order chi connectivity index (χ1) is 16.1. The molecule has 2 rings (SSSR count). The molecule has 1 aromatic rings. The summed E-state index contributed by atoms with van der Waals surface area (Å²) >= 11 is 0. The number of nitrogens with zero attached hydrogens (tertiary/aromatic N) is 2. The number of hydrogen-bond donors (Lipinski definition) is 3. The van der Waals surface area contributed by atoms with Gasteiger partial charge in [-0.3, -0.25) is 14.6 Å². The molecule has 0 spiro atoms. The first-order valence-corrected chi connectivity index (χ1v) is 12.9. The van der Waals surface area contributed by atoms with Crippen LogP contribution in [0.2, 0.25) is 0 Å². The number of Topliss-reactive ketones (excluding diaryl/α,β-unsaturated/α-hetero) is 1. The van der Waals surface area contributed by atoms with Crippen molar-refractivity contribution in [3.8, 4) is 0 Å². The van der Waals surface area contributed by atoms with Gasteiger partial charge in [0.2, 0.25) is 15.9 Å². The summed E-state index contributed by atoms with van der Waals surface area (Å²) in [6, 6.07) is 5.57. The van der Waals surface area contributed by atoms with Crippen LogP contribution in [0.1, 0.15) is 58.3 Å². The van der Waals surface area contributed by atoms with Crippen molar-refractivity contribution in [1.82, 2.24) is 9.62 Å². The Morgan fingerprint density at radius 2 is 1.88 bits per heavy atom. The maximum absolute atomic E-state index is 13.0. The fourth-order valence-corrected chi connectivity index (χ4v) is 5.52. The molecule has 1 amide bonds. The molecule has 1 aliphatic rings. The summed E-state index contributed by atoms with van der Waals surface area (Å²) in [6.07, 6.45) is 3.42. The predicted molar refractivity (Wildman–Crippen MR) is 128 cm³/mol. The molecule has 0 saturated carbocycles. The largest absolute Gasteiger partial charge is 0.480 e. The third-order valence-electron chi connectivity index (χ3n) is 5.66. The molecule has 0 aliphatic carbocycles. The molecule has 34 heavy (non-hydrogen) atoms. The Bertz CT molecular complexity index is 976. The van der Waals surface area contributed by atoms with Gasteiger partial charge in [0.1, 0.15) is 17.9 Å². The van der Waals surface area contributed by atoms with Crippen molar-refractivity contribution in [2.75, 3.05) is 13.1 Å². The van der Waals surface area contributed by atoms with Gasteiger partial charge in [-0.05, 0) is 51.2 Å². The van der Waals surface area contributed by atoms with Gasteiger partial charge < -0.3 is 16.2 Å². The number of nitrogens with two attached hydrogens (primary N) is 1. The number of aliphatic imine (C=N–C) groups is 1. The number of unbranched alkanes of at least 4 members (excludes halogenated alkanes) is 2. The van der Waals surface area contributed by atoms with E-state index in [2.05, 4.69) is 10.3 Å². The molecule has 4 N–H and O–H groups in total. The first-order valence-electron chi connectivity index (χ1n) is 11.5. The number of aliphatic carboxylic acids is 1. The molecule has 0 aromatic heterocycles. The number of carbonyl (C=O) groups is 3. The molecule has 1 aliphatic heterocycles. The van der Waals surface area contributed by atoms with Crippen LogP contribution < -0.4 is 11.1 Å². The molecule has 1 saturated heterocycles. The standard InChI is InChI=1S/C23H34N4O6S/c1-17(24)25-15-7-3-4-9-18(28)13-14-20(23(30)31)26-22(29)21-12-8-16-27(21)34(32,33)19-10-5-2-6-11-19/h2,5-6,10-11,20-21H,3-4,7-9,12-16H2,1H3,(H2,24,25)(H,26,29)(H,30,31). The van der Waals surface area contributed by atoms with E-state index in [1.165, 1.54) is 12.1 Å². The zero-order chi connectivity index (χ0) is 25.1. The maximum Gasteiger partial charge on any atom is 0.326 e. The monoisotopic (exact) mass is 494 g/mol. The van der Waals surface area contributed by atoms with E-state index in [0.29, 0.717) is 38.1 Å². The highest BCUT2D eigenvalue weighted by atomic mass is 32.2. The number of benzene rings is 1. The van der Waals surface area contributed by atoms with E-state index in [4.69, 9.17) is 5.73 Å². The minimum absolute atomic E-state index is 0.0218. The maximum atomic E-state index is 13.0. The van der Waals surface area contributed by atoms with Crippen molar-refractivity contribution >= 4 is 33.5 Å². The average Bonchev–Trinajstić information content (AvgIpc) is 3.30. The van der Waals surface area contributed by atoms with Gasteiger partial charge >= 0.3 is 5.97 Å². The predicted octanol–water partition coefficient (Wildman–Crippen LogP) is 1.70. The second-order valence-electron chi connectivity index (χ2n) is 8.40. The van der Waals surface area contributed by atoms with E-state index in [0.717, 1.165) is 17.1 Å². The van der Waals surface area contributed by atoms with Crippen LogP contribution in [-0.2, 0) is 24.4 Å². The van der Waals surface area contributed by atoms with E-state index in [-0.39, 0.29) is 30.1 Å². The van der Waals surface area contributed by atoms with Crippen molar-refractivity contribution in [1.29, 1.82) is 0 Å². The molecular weight excluding hydrogens is 460 g/mol. The molecule has 11 heteroatoms. The quantitative estimate of drug-likeness (QED) is 0.202. The summed E-state index contributed by atoms with van der Waals surface area (Å²) < 4.78 is 27.0. The topological polar surface area (TPSA) is 159 Å². The lowest BCUT2D eigenvalue weighted by Gasteiger charge is -2.25. The van der Waals surface area contributed by atoms with E-state index >= 15 is 0 Å². The highest BCUT2D eigenvalue weighted by Gasteiger charge is 2.40. The van der Waals surface area contributed by atoms with E-state index < -0.39 is 34.0 Å². The average molecular weight is 495 g/mol. The van der Waals surface area contributed by atoms with Crippen molar-refractivity contribution in [3.63, 3.8) is 0 Å². The number of carboxylic acid groups (broad SMARTS) is 1. The van der Waals surface area contributed by atoms with Gasteiger partial charge in [0.05, 0.1) is 10.7 Å². The number of hydrogen-bond acceptors (Lipinski definition) is 6. The number of sulfonamides is 1. The SMILES string of the molecule is CC(N)=NCCCCCC(=O)CCC(NC(=O)C1CCCN1S(=O)(=O)c1ccccc1)C(=O)O. The fraction of sp³-hybridized carbons (Fsp3) is 0.565. The van der Waals surface area contributed by atoms with Crippen LogP contribution in [0.5, 0.6) is 0 Å². The molecule has 1 heterocycles. The number of ketones is 1. The number of carbonyl (C=O) groups excluding carboxylic acids is 2. The minimum Gasteiger partial charge on any atom is -0.480 e. The third kappa shape index (κ3) is 8.21. The Kier molecular flexibility index (Phi) is 10.6. The number of rotatable bonds is 14. The molecule has 1 fully saturated rings. The van der Waals surface area contributed by atoms with Crippen LogP contribution in [0.3, 0.4) is 0 Å². The summed E-state index contributed by atoms with van der Waals surface area (Å²) in [6.45, 7) is 2.51. The first kappa shape index (κ1) is 27.5. The number of amidine groups is 1. The lowest BCUT2D eigenvalue weighted by atomic mass is 10.0. The molecule has 1 aromatic carbocycles. The summed E-state index contributed by atoms with van der Waals surface area (Å²) in [7, 11) is -3.88. The number of nitrogens with one attached hydrogen (secondary N) is 1. The van der Waals surface area contributed by atoms with Crippen LogP contribution >= 0.6 is 0 Å². The van der Waals surface area contributed by atoms with Gasteiger partial charge in [-0.2, -0.15) is 4.31 Å². The minimum atomic E-state index is -3.88. The molecular formula is C23H34N4O6S. The second-order valence-corrected chi connectivity index (χ2v) is 10.3.